The van der Waals surface area contributed by atoms with Gasteiger partial charge in [0, 0.05) is 23.0 Å². The number of benzene rings is 1. The van der Waals surface area contributed by atoms with Crippen LogP contribution in [0.1, 0.15) is 24.0 Å². The van der Waals surface area contributed by atoms with Crippen LogP contribution in [0, 0.1) is 0 Å². The van der Waals surface area contributed by atoms with Gasteiger partial charge in [-0.3, -0.25) is 9.97 Å². The maximum Gasteiger partial charge on any atom is 0.0867 e. The molecule has 0 radical (unpaired) electrons. The third-order valence-electron chi connectivity index (χ3n) is 5.32. The highest BCUT2D eigenvalue weighted by Crippen LogP contribution is 2.61. The summed E-state index contributed by atoms with van der Waals surface area (Å²) in [5.74, 6) is 0. The summed E-state index contributed by atoms with van der Waals surface area (Å²) in [4.78, 5) is 9.56. The lowest BCUT2D eigenvalue weighted by Crippen LogP contribution is -2.01. The number of fused-ring (bicyclic) bond motifs is 1. The molecule has 1 aliphatic carbocycles. The predicted octanol–water partition coefficient (Wildman–Crippen LogP) is 6.67. The molecule has 4 aromatic rings. The molecular weight excluding hydrogens is 347 g/mol. The van der Waals surface area contributed by atoms with Crippen LogP contribution in [0.2, 0.25) is 0 Å². The van der Waals surface area contributed by atoms with Gasteiger partial charge < -0.3 is 0 Å². The van der Waals surface area contributed by atoms with E-state index in [-0.39, 0.29) is 0 Å². The van der Waals surface area contributed by atoms with Gasteiger partial charge in [-0.15, -0.1) is 0 Å². The molecule has 0 saturated carbocycles. The zero-order chi connectivity index (χ0) is 18.1. The second-order valence-electron chi connectivity index (χ2n) is 6.97. The summed E-state index contributed by atoms with van der Waals surface area (Å²) in [6, 6.07) is 23.5. The van der Waals surface area contributed by atoms with Crippen molar-refractivity contribution in [3.05, 3.63) is 90.3 Å². The SMILES string of the molecule is c1ccc(-c2c3c(c(-c4ccccn4)p2-c2ccccn2)CCCC3)cc1. The Morgan fingerprint density at radius 2 is 1.30 bits per heavy atom. The minimum Gasteiger partial charge on any atom is -0.256 e. The monoisotopic (exact) mass is 368 g/mol. The highest BCUT2D eigenvalue weighted by atomic mass is 31.1. The standard InChI is InChI=1S/C24H21N2P/c1-2-10-18(11-3-1)23-19-12-4-5-13-20(19)24(21-14-6-8-16-25-21)27(23)22-15-7-9-17-26-22/h1-3,6-11,14-17H,4-5,12-13H2. The van der Waals surface area contributed by atoms with Crippen molar-refractivity contribution < 1.29 is 0 Å². The molecule has 1 aromatic carbocycles. The van der Waals surface area contributed by atoms with E-state index in [0.29, 0.717) is 0 Å². The summed E-state index contributed by atoms with van der Waals surface area (Å²) in [5.41, 5.74) is 6.74. The van der Waals surface area contributed by atoms with Gasteiger partial charge in [-0.1, -0.05) is 50.0 Å². The Kier molecular flexibility index (Phi) is 4.35. The van der Waals surface area contributed by atoms with E-state index < -0.39 is 7.53 Å². The molecule has 2 nitrogen and oxygen atoms in total. The number of hydrogen-bond acceptors (Lipinski definition) is 2. The topological polar surface area (TPSA) is 25.8 Å². The number of nitrogens with zero attached hydrogens (tertiary/aromatic N) is 2. The molecule has 0 N–H and O–H groups in total. The highest BCUT2D eigenvalue weighted by Gasteiger charge is 2.28. The molecule has 0 fully saturated rings. The quantitative estimate of drug-likeness (QED) is 0.404. The van der Waals surface area contributed by atoms with Gasteiger partial charge in [0.05, 0.1) is 11.1 Å². The zero-order valence-corrected chi connectivity index (χ0v) is 16.1. The summed E-state index contributed by atoms with van der Waals surface area (Å²) >= 11 is 0. The Labute approximate surface area is 161 Å². The molecule has 3 heterocycles. The van der Waals surface area contributed by atoms with Crippen molar-refractivity contribution in [3.63, 3.8) is 0 Å². The lowest BCUT2D eigenvalue weighted by atomic mass is 9.90. The number of pyridine rings is 2. The molecule has 0 spiro atoms. The fraction of sp³-hybridized carbons (Fsp3) is 0.167. The molecular formula is C24H21N2P. The highest BCUT2D eigenvalue weighted by molar-refractivity contribution is 7.63. The van der Waals surface area contributed by atoms with Crippen molar-refractivity contribution in [1.29, 1.82) is 0 Å². The minimum absolute atomic E-state index is 0.684. The molecule has 1 atom stereocenters. The molecule has 1 unspecified atom stereocenters. The van der Waals surface area contributed by atoms with Crippen LogP contribution in [0.15, 0.2) is 79.1 Å². The van der Waals surface area contributed by atoms with Crippen molar-refractivity contribution in [3.8, 4) is 27.3 Å². The first-order valence-electron chi connectivity index (χ1n) is 9.58. The van der Waals surface area contributed by atoms with E-state index in [2.05, 4.69) is 54.6 Å². The molecule has 3 aromatic heterocycles. The van der Waals surface area contributed by atoms with E-state index in [4.69, 9.17) is 9.97 Å². The van der Waals surface area contributed by atoms with Crippen molar-refractivity contribution in [2.45, 2.75) is 25.7 Å². The minimum atomic E-state index is -0.684. The van der Waals surface area contributed by atoms with E-state index in [1.54, 1.807) is 5.56 Å². The lowest BCUT2D eigenvalue weighted by Gasteiger charge is -2.14. The van der Waals surface area contributed by atoms with Crippen LogP contribution in [-0.4, -0.2) is 9.97 Å². The van der Waals surface area contributed by atoms with Gasteiger partial charge in [0.15, 0.2) is 0 Å². The van der Waals surface area contributed by atoms with Crippen LogP contribution in [0.4, 0.5) is 0 Å². The summed E-state index contributed by atoms with van der Waals surface area (Å²) in [5, 5.41) is 2.93. The molecule has 0 aliphatic heterocycles. The molecule has 0 saturated heterocycles. The van der Waals surface area contributed by atoms with Gasteiger partial charge >= 0.3 is 0 Å². The van der Waals surface area contributed by atoms with E-state index in [0.717, 1.165) is 12.1 Å². The molecule has 27 heavy (non-hydrogen) atoms. The van der Waals surface area contributed by atoms with Crippen LogP contribution < -0.4 is 0 Å². The van der Waals surface area contributed by atoms with Crippen molar-refractivity contribution in [2.75, 3.05) is 0 Å². The van der Waals surface area contributed by atoms with Gasteiger partial charge in [-0.2, -0.15) is 0 Å². The Bertz CT molecular complexity index is 987. The zero-order valence-electron chi connectivity index (χ0n) is 15.2. The van der Waals surface area contributed by atoms with Gasteiger partial charge in [-0.25, -0.2) is 0 Å². The molecule has 3 heteroatoms. The second kappa shape index (κ2) is 7.13. The average molecular weight is 368 g/mol. The summed E-state index contributed by atoms with van der Waals surface area (Å²) < 4.78 is 0. The number of aromatic nitrogens is 2. The molecule has 0 amide bonds. The van der Waals surface area contributed by atoms with Gasteiger partial charge in [0.1, 0.15) is 0 Å². The number of hydrogen-bond donors (Lipinski definition) is 0. The van der Waals surface area contributed by atoms with Crippen LogP contribution in [0.5, 0.6) is 0 Å². The van der Waals surface area contributed by atoms with Crippen molar-refractivity contribution in [2.24, 2.45) is 0 Å². The Morgan fingerprint density at radius 3 is 1.96 bits per heavy atom. The van der Waals surface area contributed by atoms with E-state index >= 15 is 0 Å². The normalized spacial score (nSPS) is 14.0. The molecule has 0 bridgehead atoms. The number of rotatable bonds is 3. The predicted molar refractivity (Wildman–Crippen MR) is 114 cm³/mol. The first kappa shape index (κ1) is 16.5. The Morgan fingerprint density at radius 1 is 0.630 bits per heavy atom. The Hall–Kier alpha value is -2.70. The van der Waals surface area contributed by atoms with Crippen LogP contribution in [0.3, 0.4) is 0 Å². The second-order valence-corrected chi connectivity index (χ2v) is 8.99. The van der Waals surface area contributed by atoms with Crippen molar-refractivity contribution in [1.82, 2.24) is 9.97 Å². The van der Waals surface area contributed by atoms with Gasteiger partial charge in [0.25, 0.3) is 0 Å². The summed E-state index contributed by atoms with van der Waals surface area (Å²) in [6.07, 6.45) is 8.70. The summed E-state index contributed by atoms with van der Waals surface area (Å²) in [6.45, 7) is 0. The van der Waals surface area contributed by atoms with Crippen LogP contribution in [-0.2, 0) is 12.8 Å². The Balaban J connectivity index is 1.89. The maximum absolute atomic E-state index is 4.80. The van der Waals surface area contributed by atoms with Gasteiger partial charge in [-0.05, 0) is 66.6 Å². The fourth-order valence-corrected chi connectivity index (χ4v) is 7.10. The summed E-state index contributed by atoms with van der Waals surface area (Å²) in [7, 11) is -0.684. The maximum atomic E-state index is 4.80. The van der Waals surface area contributed by atoms with E-state index in [9.17, 15) is 0 Å². The fourth-order valence-electron chi connectivity index (χ4n) is 4.20. The van der Waals surface area contributed by atoms with E-state index in [1.165, 1.54) is 46.4 Å². The van der Waals surface area contributed by atoms with E-state index in [1.807, 2.05) is 24.5 Å². The van der Waals surface area contributed by atoms with Gasteiger partial charge in [0.2, 0.25) is 0 Å². The first-order chi connectivity index (χ1) is 13.4. The molecule has 132 valence electrons. The lowest BCUT2D eigenvalue weighted by molar-refractivity contribution is 0.692. The van der Waals surface area contributed by atoms with Crippen LogP contribution >= 0.6 is 7.53 Å². The van der Waals surface area contributed by atoms with Crippen LogP contribution in [0.25, 0.3) is 27.3 Å². The smallest absolute Gasteiger partial charge is 0.0867 e. The third kappa shape index (κ3) is 2.91. The third-order valence-corrected chi connectivity index (χ3v) is 7.96. The largest absolute Gasteiger partial charge is 0.256 e. The first-order valence-corrected chi connectivity index (χ1v) is 10.9. The average Bonchev–Trinajstić information content (AvgIpc) is 3.11. The van der Waals surface area contributed by atoms with Crippen molar-refractivity contribution >= 4 is 7.53 Å². The molecule has 1 aliphatic rings. The molecule has 5 rings (SSSR count).